The Morgan fingerprint density at radius 2 is 2.12 bits per heavy atom. The van der Waals surface area contributed by atoms with E-state index in [9.17, 15) is 13.6 Å². The second kappa shape index (κ2) is 4.41. The Morgan fingerprint density at radius 3 is 2.76 bits per heavy atom. The summed E-state index contributed by atoms with van der Waals surface area (Å²) in [5.74, 6) is -1.95. The Bertz CT molecular complexity index is 460. The zero-order valence-corrected chi connectivity index (χ0v) is 9.54. The van der Waals surface area contributed by atoms with E-state index >= 15 is 0 Å². The van der Waals surface area contributed by atoms with E-state index < -0.39 is 11.6 Å². The van der Waals surface area contributed by atoms with Crippen molar-refractivity contribution < 1.29 is 13.6 Å². The maximum absolute atomic E-state index is 13.1. The highest BCUT2D eigenvalue weighted by molar-refractivity contribution is 5.95. The van der Waals surface area contributed by atoms with E-state index in [0.29, 0.717) is 24.2 Å². The minimum absolute atomic E-state index is 0.148. The van der Waals surface area contributed by atoms with E-state index in [1.807, 2.05) is 0 Å². The summed E-state index contributed by atoms with van der Waals surface area (Å²) in [5, 5.41) is 0. The van der Waals surface area contributed by atoms with E-state index in [4.69, 9.17) is 5.73 Å². The molecule has 92 valence electrons. The molecular formula is C12H14F2N2O. The van der Waals surface area contributed by atoms with E-state index in [0.717, 1.165) is 12.1 Å². The Hall–Kier alpha value is -1.49. The van der Waals surface area contributed by atoms with Crippen molar-refractivity contribution in [3.05, 3.63) is 29.3 Å². The lowest BCUT2D eigenvalue weighted by molar-refractivity contribution is -0.118. The van der Waals surface area contributed by atoms with Crippen molar-refractivity contribution in [2.75, 3.05) is 11.4 Å². The third kappa shape index (κ3) is 2.29. The molecule has 17 heavy (non-hydrogen) atoms. The molecule has 3 nitrogen and oxygen atoms in total. The van der Waals surface area contributed by atoms with Crippen LogP contribution in [0.2, 0.25) is 0 Å². The molecular weight excluding hydrogens is 226 g/mol. The van der Waals surface area contributed by atoms with Crippen LogP contribution in [-0.2, 0) is 11.2 Å². The quantitative estimate of drug-likeness (QED) is 0.853. The summed E-state index contributed by atoms with van der Waals surface area (Å²) in [6.07, 6.45) is 0.760. The summed E-state index contributed by atoms with van der Waals surface area (Å²) in [4.78, 5) is 13.3. The number of fused-ring (bicyclic) bond motifs is 1. The summed E-state index contributed by atoms with van der Waals surface area (Å²) in [6, 6.07) is 2.00. The lowest BCUT2D eigenvalue weighted by Gasteiger charge is -2.18. The van der Waals surface area contributed by atoms with Gasteiger partial charge in [-0.2, -0.15) is 0 Å². The van der Waals surface area contributed by atoms with Crippen LogP contribution in [0, 0.1) is 11.6 Å². The first-order valence-corrected chi connectivity index (χ1v) is 5.53. The van der Waals surface area contributed by atoms with Gasteiger partial charge in [-0.1, -0.05) is 0 Å². The third-order valence-corrected chi connectivity index (χ3v) is 2.81. The normalized spacial score (nSPS) is 15.9. The Balaban J connectivity index is 2.27. The molecule has 0 fully saturated rings. The van der Waals surface area contributed by atoms with E-state index in [1.54, 1.807) is 6.92 Å². The molecule has 0 aliphatic carbocycles. The zero-order valence-electron chi connectivity index (χ0n) is 9.54. The number of nitrogens with zero attached hydrogens (tertiary/aromatic N) is 1. The minimum atomic E-state index is -0.927. The topological polar surface area (TPSA) is 46.3 Å². The van der Waals surface area contributed by atoms with Gasteiger partial charge >= 0.3 is 0 Å². The summed E-state index contributed by atoms with van der Waals surface area (Å²) in [6.45, 7) is 2.20. The number of hydrogen-bond acceptors (Lipinski definition) is 2. The van der Waals surface area contributed by atoms with Gasteiger partial charge in [-0.05, 0) is 25.0 Å². The number of rotatable bonds is 2. The monoisotopic (exact) mass is 240 g/mol. The first kappa shape index (κ1) is 12.0. The molecule has 0 saturated heterocycles. The summed E-state index contributed by atoms with van der Waals surface area (Å²) < 4.78 is 26.1. The molecule has 1 aliphatic rings. The number of hydrogen-bond donors (Lipinski definition) is 1. The number of amides is 1. The fourth-order valence-corrected chi connectivity index (χ4v) is 2.03. The molecule has 0 spiro atoms. The van der Waals surface area contributed by atoms with Crippen LogP contribution in [0.3, 0.4) is 0 Å². The molecule has 1 aromatic carbocycles. The Kier molecular flexibility index (Phi) is 3.11. The smallest absolute Gasteiger partial charge is 0.228 e. The van der Waals surface area contributed by atoms with Crippen LogP contribution >= 0.6 is 0 Å². The van der Waals surface area contributed by atoms with Gasteiger partial charge in [0.2, 0.25) is 5.91 Å². The number of halogens is 2. The van der Waals surface area contributed by atoms with Gasteiger partial charge in [-0.25, -0.2) is 8.78 Å². The van der Waals surface area contributed by atoms with Gasteiger partial charge in [0.05, 0.1) is 0 Å². The van der Waals surface area contributed by atoms with Crippen molar-refractivity contribution in [1.82, 2.24) is 0 Å². The average molecular weight is 240 g/mol. The van der Waals surface area contributed by atoms with Crippen molar-refractivity contribution in [1.29, 1.82) is 0 Å². The van der Waals surface area contributed by atoms with Crippen LogP contribution in [0.1, 0.15) is 18.9 Å². The highest BCUT2D eigenvalue weighted by Gasteiger charge is 2.26. The second-order valence-electron chi connectivity index (χ2n) is 4.37. The first-order chi connectivity index (χ1) is 7.99. The fraction of sp³-hybridized carbons (Fsp3) is 0.417. The van der Waals surface area contributed by atoms with Crippen LogP contribution in [-0.4, -0.2) is 18.5 Å². The van der Waals surface area contributed by atoms with Crippen LogP contribution in [0.5, 0.6) is 0 Å². The molecule has 5 heteroatoms. The number of carbonyl (C=O) groups is 1. The molecule has 1 atom stereocenters. The molecule has 0 aromatic heterocycles. The number of anilines is 1. The summed E-state index contributed by atoms with van der Waals surface area (Å²) in [5.41, 5.74) is 6.69. The first-order valence-electron chi connectivity index (χ1n) is 5.53. The van der Waals surface area contributed by atoms with Crippen molar-refractivity contribution in [2.45, 2.75) is 25.8 Å². The number of nitrogens with two attached hydrogens (primary N) is 1. The van der Waals surface area contributed by atoms with Gasteiger partial charge in [-0.15, -0.1) is 0 Å². The van der Waals surface area contributed by atoms with E-state index in [1.165, 1.54) is 4.90 Å². The highest BCUT2D eigenvalue weighted by Crippen LogP contribution is 2.30. The highest BCUT2D eigenvalue weighted by atomic mass is 19.2. The third-order valence-electron chi connectivity index (χ3n) is 2.81. The van der Waals surface area contributed by atoms with Gasteiger partial charge in [0.1, 0.15) is 0 Å². The largest absolute Gasteiger partial charge is 0.327 e. The molecule has 1 amide bonds. The second-order valence-corrected chi connectivity index (χ2v) is 4.37. The zero-order chi connectivity index (χ0) is 12.6. The van der Waals surface area contributed by atoms with Crippen LogP contribution in [0.25, 0.3) is 0 Å². The molecule has 1 unspecified atom stereocenters. The molecule has 0 radical (unpaired) electrons. The lowest BCUT2D eigenvalue weighted by Crippen LogP contribution is -2.33. The number of benzene rings is 1. The summed E-state index contributed by atoms with van der Waals surface area (Å²) in [7, 11) is 0. The molecule has 2 rings (SSSR count). The molecule has 1 aliphatic heterocycles. The van der Waals surface area contributed by atoms with Crippen LogP contribution < -0.4 is 10.6 Å². The van der Waals surface area contributed by atoms with E-state index in [-0.39, 0.29) is 18.4 Å². The Morgan fingerprint density at radius 1 is 1.47 bits per heavy atom. The minimum Gasteiger partial charge on any atom is -0.327 e. The molecule has 1 heterocycles. The molecule has 1 aromatic rings. The predicted octanol–water partition coefficient (Wildman–Crippen LogP) is 1.59. The average Bonchev–Trinajstić information content (AvgIpc) is 2.60. The van der Waals surface area contributed by atoms with Crippen LogP contribution in [0.4, 0.5) is 14.5 Å². The van der Waals surface area contributed by atoms with Crippen molar-refractivity contribution in [2.24, 2.45) is 5.73 Å². The molecule has 0 saturated carbocycles. The van der Waals surface area contributed by atoms with Gasteiger partial charge in [0.15, 0.2) is 11.6 Å². The van der Waals surface area contributed by atoms with Crippen molar-refractivity contribution in [3.63, 3.8) is 0 Å². The van der Waals surface area contributed by atoms with Gasteiger partial charge in [0.25, 0.3) is 0 Å². The lowest BCUT2D eigenvalue weighted by atomic mass is 10.1. The van der Waals surface area contributed by atoms with Gasteiger partial charge in [-0.3, -0.25) is 4.79 Å². The fourth-order valence-electron chi connectivity index (χ4n) is 2.03. The number of carbonyl (C=O) groups excluding carboxylic acids is 1. The SMILES string of the molecule is CC(N)CC(=O)N1CCc2cc(F)c(F)cc21. The molecule has 2 N–H and O–H groups in total. The van der Waals surface area contributed by atoms with E-state index in [2.05, 4.69) is 0 Å². The van der Waals surface area contributed by atoms with Crippen molar-refractivity contribution >= 4 is 11.6 Å². The maximum atomic E-state index is 13.1. The van der Waals surface area contributed by atoms with Crippen LogP contribution in [0.15, 0.2) is 12.1 Å². The van der Waals surface area contributed by atoms with Gasteiger partial charge in [0, 0.05) is 30.8 Å². The molecule has 0 bridgehead atoms. The Labute approximate surface area is 98.2 Å². The van der Waals surface area contributed by atoms with Gasteiger partial charge < -0.3 is 10.6 Å². The summed E-state index contributed by atoms with van der Waals surface area (Å²) >= 11 is 0. The predicted molar refractivity (Wildman–Crippen MR) is 60.7 cm³/mol. The van der Waals surface area contributed by atoms with Crippen molar-refractivity contribution in [3.8, 4) is 0 Å². The maximum Gasteiger partial charge on any atom is 0.228 e. The standard InChI is InChI=1S/C12H14F2N2O/c1-7(15)4-12(17)16-3-2-8-5-9(13)10(14)6-11(8)16/h5-7H,2-4,15H2,1H3.